The Balaban J connectivity index is 1.93. The van der Waals surface area contributed by atoms with Crippen LogP contribution in [0, 0.1) is 5.82 Å². The average Bonchev–Trinajstić information content (AvgIpc) is 2.84. The van der Waals surface area contributed by atoms with Crippen LogP contribution < -0.4 is 0 Å². The summed E-state index contributed by atoms with van der Waals surface area (Å²) < 4.78 is 41.6. The summed E-state index contributed by atoms with van der Waals surface area (Å²) in [6.45, 7) is 4.11. The van der Waals surface area contributed by atoms with E-state index in [0.717, 1.165) is 25.9 Å². The molecule has 21 heavy (non-hydrogen) atoms. The molecule has 7 heteroatoms. The largest absolute Gasteiger partial charge is 0.297 e. The van der Waals surface area contributed by atoms with Gasteiger partial charge in [-0.05, 0) is 44.5 Å². The van der Waals surface area contributed by atoms with Gasteiger partial charge in [0, 0.05) is 29.6 Å². The van der Waals surface area contributed by atoms with Crippen LogP contribution in [0.3, 0.4) is 0 Å². The van der Waals surface area contributed by atoms with Crippen LogP contribution in [0.4, 0.5) is 4.39 Å². The summed E-state index contributed by atoms with van der Waals surface area (Å²) in [5.74, 6) is -0.703. The molecule has 1 aromatic rings. The van der Waals surface area contributed by atoms with E-state index in [-0.39, 0.29) is 17.0 Å². The van der Waals surface area contributed by atoms with Crippen molar-refractivity contribution in [1.82, 2.24) is 9.21 Å². The molecule has 0 aliphatic carbocycles. The number of benzene rings is 1. The Hall–Kier alpha value is -0.500. The molecule has 0 aromatic heterocycles. The zero-order valence-corrected chi connectivity index (χ0v) is 14.2. The van der Waals surface area contributed by atoms with Gasteiger partial charge in [-0.15, -0.1) is 0 Å². The van der Waals surface area contributed by atoms with Crippen molar-refractivity contribution in [2.24, 2.45) is 0 Å². The van der Waals surface area contributed by atoms with Crippen LogP contribution in [0.2, 0.25) is 0 Å². The summed E-state index contributed by atoms with van der Waals surface area (Å²) in [6, 6.07) is 4.24. The molecule has 2 unspecified atom stereocenters. The summed E-state index contributed by atoms with van der Waals surface area (Å²) >= 11 is 3.15. The van der Waals surface area contributed by atoms with Gasteiger partial charge in [-0.2, -0.15) is 4.31 Å². The second kappa shape index (κ2) is 5.61. The van der Waals surface area contributed by atoms with Crippen molar-refractivity contribution in [1.29, 1.82) is 0 Å². The van der Waals surface area contributed by atoms with Gasteiger partial charge >= 0.3 is 0 Å². The topological polar surface area (TPSA) is 40.6 Å². The maximum Gasteiger partial charge on any atom is 0.246 e. The number of sulfonamides is 1. The van der Waals surface area contributed by atoms with Gasteiger partial charge in [-0.3, -0.25) is 4.90 Å². The zero-order chi connectivity index (χ0) is 15.2. The van der Waals surface area contributed by atoms with E-state index < -0.39 is 15.8 Å². The van der Waals surface area contributed by atoms with Crippen molar-refractivity contribution >= 4 is 26.0 Å². The molecule has 0 N–H and O–H groups in total. The monoisotopic (exact) mass is 376 g/mol. The first-order valence-electron chi connectivity index (χ1n) is 7.10. The number of piperazine rings is 1. The zero-order valence-electron chi connectivity index (χ0n) is 11.8. The maximum absolute atomic E-state index is 14.0. The molecule has 1 aromatic carbocycles. The minimum Gasteiger partial charge on any atom is -0.297 e. The van der Waals surface area contributed by atoms with Gasteiger partial charge in [0.2, 0.25) is 10.0 Å². The van der Waals surface area contributed by atoms with Crippen molar-refractivity contribution in [3.63, 3.8) is 0 Å². The van der Waals surface area contributed by atoms with E-state index in [1.165, 1.54) is 16.4 Å². The second-order valence-corrected chi connectivity index (χ2v) is 8.56. The Labute approximate surface area is 133 Å². The molecular weight excluding hydrogens is 359 g/mol. The fourth-order valence-electron chi connectivity index (χ4n) is 3.31. The van der Waals surface area contributed by atoms with Gasteiger partial charge < -0.3 is 0 Å². The predicted octanol–water partition coefficient (Wildman–Crippen LogP) is 2.45. The van der Waals surface area contributed by atoms with Gasteiger partial charge in [0.05, 0.1) is 0 Å². The van der Waals surface area contributed by atoms with Crippen molar-refractivity contribution in [2.45, 2.75) is 36.7 Å². The Morgan fingerprint density at radius 3 is 2.81 bits per heavy atom. The van der Waals surface area contributed by atoms with E-state index in [1.54, 1.807) is 6.07 Å². The summed E-state index contributed by atoms with van der Waals surface area (Å²) in [6.07, 6.45) is 2.12. The molecule has 3 rings (SSSR count). The lowest BCUT2D eigenvalue weighted by atomic mass is 10.1. The number of hydrogen-bond acceptors (Lipinski definition) is 3. The molecule has 0 radical (unpaired) electrons. The maximum atomic E-state index is 14.0. The van der Waals surface area contributed by atoms with Crippen LogP contribution in [0.1, 0.15) is 19.8 Å². The average molecular weight is 377 g/mol. The Morgan fingerprint density at radius 2 is 2.10 bits per heavy atom. The molecule has 2 atom stereocenters. The summed E-state index contributed by atoms with van der Waals surface area (Å²) in [4.78, 5) is 2.11. The predicted molar refractivity (Wildman–Crippen MR) is 82.0 cm³/mol. The molecule has 0 spiro atoms. The molecule has 2 saturated heterocycles. The van der Waals surface area contributed by atoms with Gasteiger partial charge in [0.15, 0.2) is 0 Å². The fourth-order valence-corrected chi connectivity index (χ4v) is 5.35. The van der Waals surface area contributed by atoms with Crippen molar-refractivity contribution in [2.75, 3.05) is 19.6 Å². The van der Waals surface area contributed by atoms with Gasteiger partial charge in [-0.25, -0.2) is 12.8 Å². The molecule has 2 heterocycles. The van der Waals surface area contributed by atoms with E-state index in [0.29, 0.717) is 11.0 Å². The van der Waals surface area contributed by atoms with Gasteiger partial charge in [-0.1, -0.05) is 15.9 Å². The van der Waals surface area contributed by atoms with E-state index in [1.807, 2.05) is 6.92 Å². The van der Waals surface area contributed by atoms with Crippen molar-refractivity contribution in [3.05, 3.63) is 28.5 Å². The molecule has 116 valence electrons. The van der Waals surface area contributed by atoms with Crippen LogP contribution >= 0.6 is 15.9 Å². The first-order chi connectivity index (χ1) is 9.89. The summed E-state index contributed by atoms with van der Waals surface area (Å²) in [7, 11) is -3.79. The Kier molecular flexibility index (Phi) is 4.11. The smallest absolute Gasteiger partial charge is 0.246 e. The van der Waals surface area contributed by atoms with E-state index in [9.17, 15) is 12.8 Å². The third kappa shape index (κ3) is 2.76. The minimum absolute atomic E-state index is 0.132. The number of rotatable bonds is 2. The molecular formula is C14H18BrFN2O2S. The molecule has 0 saturated carbocycles. The highest BCUT2D eigenvalue weighted by Crippen LogP contribution is 2.30. The minimum atomic E-state index is -3.79. The first-order valence-corrected chi connectivity index (χ1v) is 9.34. The highest BCUT2D eigenvalue weighted by molar-refractivity contribution is 9.10. The van der Waals surface area contributed by atoms with Crippen LogP contribution in [0.15, 0.2) is 27.6 Å². The number of fused-ring (bicyclic) bond motifs is 1. The number of nitrogens with zero attached hydrogens (tertiary/aromatic N) is 2. The van der Waals surface area contributed by atoms with Crippen LogP contribution in [0.25, 0.3) is 0 Å². The highest BCUT2D eigenvalue weighted by Gasteiger charge is 2.41. The van der Waals surface area contributed by atoms with E-state index >= 15 is 0 Å². The summed E-state index contributed by atoms with van der Waals surface area (Å²) in [5, 5.41) is 0. The highest BCUT2D eigenvalue weighted by atomic mass is 79.9. The lowest BCUT2D eigenvalue weighted by Crippen LogP contribution is -2.56. The number of hydrogen-bond donors (Lipinski definition) is 0. The SMILES string of the molecule is CC1CN2CCCC2CN1S(=O)(=O)c1ccc(Br)cc1F. The number of halogens is 2. The third-order valence-corrected chi connectivity index (χ3v) is 6.87. The van der Waals surface area contributed by atoms with Crippen molar-refractivity contribution in [3.8, 4) is 0 Å². The standard InChI is InChI=1S/C14H18BrFN2O2S/c1-10-8-17-6-2-3-12(17)9-18(10)21(19,20)14-5-4-11(15)7-13(14)16/h4-5,7,10,12H,2-3,6,8-9H2,1H3. The van der Waals surface area contributed by atoms with Crippen molar-refractivity contribution < 1.29 is 12.8 Å². The lowest BCUT2D eigenvalue weighted by Gasteiger charge is -2.41. The second-order valence-electron chi connectivity index (χ2n) is 5.79. The Bertz CT molecular complexity index is 652. The van der Waals surface area contributed by atoms with Gasteiger partial charge in [0.1, 0.15) is 10.7 Å². The molecule has 0 bridgehead atoms. The van der Waals surface area contributed by atoms with Crippen LogP contribution in [-0.2, 0) is 10.0 Å². The van der Waals surface area contributed by atoms with Crippen LogP contribution in [-0.4, -0.2) is 49.3 Å². The molecule has 2 aliphatic rings. The quantitative estimate of drug-likeness (QED) is 0.795. The van der Waals surface area contributed by atoms with Gasteiger partial charge in [0.25, 0.3) is 0 Å². The third-order valence-electron chi connectivity index (χ3n) is 4.36. The van der Waals surface area contributed by atoms with E-state index in [2.05, 4.69) is 20.8 Å². The normalized spacial score (nSPS) is 27.8. The molecule has 0 amide bonds. The molecule has 4 nitrogen and oxygen atoms in total. The first kappa shape index (κ1) is 15.4. The fraction of sp³-hybridized carbons (Fsp3) is 0.571. The Morgan fingerprint density at radius 1 is 1.33 bits per heavy atom. The molecule has 2 aliphatic heterocycles. The summed E-state index contributed by atoms with van der Waals surface area (Å²) in [5.41, 5.74) is 0. The molecule has 2 fully saturated rings. The van der Waals surface area contributed by atoms with Crippen LogP contribution in [0.5, 0.6) is 0 Å². The van der Waals surface area contributed by atoms with E-state index in [4.69, 9.17) is 0 Å². The lowest BCUT2D eigenvalue weighted by molar-refractivity contribution is 0.117.